The molecule has 1 aromatic heterocycles. The number of carbonyl (C=O) groups is 2. The molecule has 0 saturated carbocycles. The molecular formula is C27H25ClFN3O3. The normalized spacial score (nSPS) is 16.2. The van der Waals surface area contributed by atoms with E-state index in [1.165, 1.54) is 0 Å². The van der Waals surface area contributed by atoms with Crippen molar-refractivity contribution in [2.24, 2.45) is 5.10 Å². The number of aryl methyl sites for hydroxylation is 2. The first-order chi connectivity index (χ1) is 16.7. The van der Waals surface area contributed by atoms with Crippen molar-refractivity contribution >= 4 is 29.2 Å². The Morgan fingerprint density at radius 2 is 1.77 bits per heavy atom. The third-order valence-corrected chi connectivity index (χ3v) is 6.49. The third kappa shape index (κ3) is 5.10. The molecule has 1 unspecified atom stereocenters. The monoisotopic (exact) mass is 493 g/mol. The zero-order valence-corrected chi connectivity index (χ0v) is 20.4. The van der Waals surface area contributed by atoms with Crippen LogP contribution in [0.2, 0.25) is 5.02 Å². The van der Waals surface area contributed by atoms with Crippen LogP contribution in [-0.4, -0.2) is 38.9 Å². The second-order valence-electron chi connectivity index (χ2n) is 8.69. The molecule has 3 aromatic rings. The van der Waals surface area contributed by atoms with Crippen molar-refractivity contribution in [3.8, 4) is 11.1 Å². The number of rotatable bonds is 6. The standard InChI is InChI=1S/C27H25ClFN3O3/c1-15-4-6-18(7-5-15)24-13-23(31-32(24)27(35)22(29)12-25(33)34)21-14-30-17(3)16(2)26(21)19-8-10-20(28)11-9-19/h4-11,14,22,24H,12-13H2,1-3H3,(H,33,34)/t22?,24-/m1/s1. The van der Waals surface area contributed by atoms with Gasteiger partial charge in [-0.3, -0.25) is 14.6 Å². The molecule has 1 N–H and O–H groups in total. The van der Waals surface area contributed by atoms with Crippen molar-refractivity contribution in [3.05, 3.63) is 87.7 Å². The van der Waals surface area contributed by atoms with Gasteiger partial charge in [-0.15, -0.1) is 0 Å². The Kier molecular flexibility index (Phi) is 6.98. The first-order valence-electron chi connectivity index (χ1n) is 11.2. The van der Waals surface area contributed by atoms with Gasteiger partial charge in [0.1, 0.15) is 0 Å². The number of carbonyl (C=O) groups excluding carboxylic acids is 1. The second kappa shape index (κ2) is 9.96. The molecule has 1 aliphatic heterocycles. The van der Waals surface area contributed by atoms with E-state index in [1.54, 1.807) is 18.3 Å². The molecule has 2 heterocycles. The molecule has 4 rings (SSSR count). The molecule has 8 heteroatoms. The summed E-state index contributed by atoms with van der Waals surface area (Å²) in [5, 5.41) is 15.2. The maximum absolute atomic E-state index is 14.6. The Hall–Kier alpha value is -3.58. The number of pyridine rings is 1. The lowest BCUT2D eigenvalue weighted by Crippen LogP contribution is -2.35. The summed E-state index contributed by atoms with van der Waals surface area (Å²) in [5.41, 5.74) is 6.78. The molecular weight excluding hydrogens is 469 g/mol. The topological polar surface area (TPSA) is 82.9 Å². The predicted octanol–water partition coefficient (Wildman–Crippen LogP) is 5.82. The van der Waals surface area contributed by atoms with Gasteiger partial charge in [0.25, 0.3) is 5.91 Å². The molecule has 0 spiro atoms. The maximum Gasteiger partial charge on any atom is 0.306 e. The van der Waals surface area contributed by atoms with Crippen LogP contribution in [0.15, 0.2) is 59.8 Å². The van der Waals surface area contributed by atoms with Gasteiger partial charge in [-0.1, -0.05) is 53.6 Å². The molecule has 2 atom stereocenters. The minimum absolute atomic E-state index is 0.333. The molecule has 6 nitrogen and oxygen atoms in total. The van der Waals surface area contributed by atoms with Crippen LogP contribution >= 0.6 is 11.6 Å². The Labute approximate surface area is 208 Å². The highest BCUT2D eigenvalue weighted by Gasteiger charge is 2.38. The van der Waals surface area contributed by atoms with Gasteiger partial charge in [0, 0.05) is 28.9 Å². The van der Waals surface area contributed by atoms with Crippen molar-refractivity contribution in [2.45, 2.75) is 45.8 Å². The molecule has 0 saturated heterocycles. The highest BCUT2D eigenvalue weighted by atomic mass is 35.5. The van der Waals surface area contributed by atoms with E-state index in [0.717, 1.165) is 44.1 Å². The van der Waals surface area contributed by atoms with E-state index in [4.69, 9.17) is 16.7 Å². The highest BCUT2D eigenvalue weighted by Crippen LogP contribution is 2.38. The molecule has 0 bridgehead atoms. The third-order valence-electron chi connectivity index (χ3n) is 6.24. The molecule has 0 fully saturated rings. The molecule has 0 radical (unpaired) electrons. The van der Waals surface area contributed by atoms with E-state index in [0.29, 0.717) is 17.2 Å². The quantitative estimate of drug-likeness (QED) is 0.469. The van der Waals surface area contributed by atoms with Crippen LogP contribution in [0.3, 0.4) is 0 Å². The van der Waals surface area contributed by atoms with Crippen LogP contribution in [0.5, 0.6) is 0 Å². The predicted molar refractivity (Wildman–Crippen MR) is 133 cm³/mol. The van der Waals surface area contributed by atoms with Crippen LogP contribution in [-0.2, 0) is 9.59 Å². The largest absolute Gasteiger partial charge is 0.481 e. The molecule has 1 amide bonds. The second-order valence-corrected chi connectivity index (χ2v) is 9.13. The maximum atomic E-state index is 14.6. The number of amides is 1. The summed E-state index contributed by atoms with van der Waals surface area (Å²) in [4.78, 5) is 28.5. The smallest absolute Gasteiger partial charge is 0.306 e. The van der Waals surface area contributed by atoms with Gasteiger partial charge in [0.2, 0.25) is 0 Å². The zero-order valence-electron chi connectivity index (χ0n) is 19.6. The van der Waals surface area contributed by atoms with Crippen molar-refractivity contribution in [2.75, 3.05) is 0 Å². The number of carboxylic acids is 1. The molecule has 1 aliphatic rings. The lowest BCUT2D eigenvalue weighted by atomic mass is 9.90. The number of aromatic nitrogens is 1. The minimum Gasteiger partial charge on any atom is -0.481 e. The summed E-state index contributed by atoms with van der Waals surface area (Å²) in [7, 11) is 0. The Morgan fingerprint density at radius 1 is 1.11 bits per heavy atom. The SMILES string of the molecule is Cc1ccc([C@H]2CC(c3cnc(C)c(C)c3-c3ccc(Cl)cc3)=NN2C(=O)C(F)CC(=O)O)cc1. The Morgan fingerprint density at radius 3 is 2.40 bits per heavy atom. The fourth-order valence-corrected chi connectivity index (χ4v) is 4.35. The Balaban J connectivity index is 1.81. The lowest BCUT2D eigenvalue weighted by Gasteiger charge is -2.23. The van der Waals surface area contributed by atoms with Gasteiger partial charge < -0.3 is 5.11 Å². The van der Waals surface area contributed by atoms with Gasteiger partial charge >= 0.3 is 5.97 Å². The summed E-state index contributed by atoms with van der Waals surface area (Å²) >= 11 is 6.10. The molecule has 2 aromatic carbocycles. The molecule has 35 heavy (non-hydrogen) atoms. The number of carboxylic acid groups (broad SMARTS) is 1. The Bertz CT molecular complexity index is 1310. The first-order valence-corrected chi connectivity index (χ1v) is 11.6. The van der Waals surface area contributed by atoms with E-state index >= 15 is 0 Å². The fraction of sp³-hybridized carbons (Fsp3) is 0.259. The number of aliphatic carboxylic acids is 1. The van der Waals surface area contributed by atoms with Crippen molar-refractivity contribution in [3.63, 3.8) is 0 Å². The van der Waals surface area contributed by atoms with Crippen molar-refractivity contribution < 1.29 is 19.1 Å². The van der Waals surface area contributed by atoms with Crippen LogP contribution in [0, 0.1) is 20.8 Å². The lowest BCUT2D eigenvalue weighted by molar-refractivity contribution is -0.146. The van der Waals surface area contributed by atoms with Gasteiger partial charge in [-0.25, -0.2) is 9.40 Å². The first kappa shape index (κ1) is 24.5. The van der Waals surface area contributed by atoms with Gasteiger partial charge in [-0.05, 0) is 55.2 Å². The number of nitrogens with zero attached hydrogens (tertiary/aromatic N) is 3. The van der Waals surface area contributed by atoms with E-state index in [-0.39, 0.29) is 0 Å². The number of alkyl halides is 1. The van der Waals surface area contributed by atoms with E-state index in [2.05, 4.69) is 10.1 Å². The van der Waals surface area contributed by atoms with Gasteiger partial charge in [0.05, 0.1) is 18.2 Å². The van der Waals surface area contributed by atoms with Crippen LogP contribution in [0.25, 0.3) is 11.1 Å². The molecule has 0 aliphatic carbocycles. The zero-order chi connectivity index (χ0) is 25.3. The van der Waals surface area contributed by atoms with Crippen LogP contribution < -0.4 is 0 Å². The number of hydrogen-bond donors (Lipinski definition) is 1. The number of hydrogen-bond acceptors (Lipinski definition) is 4. The van der Waals surface area contributed by atoms with Crippen LogP contribution in [0.1, 0.15) is 46.8 Å². The summed E-state index contributed by atoms with van der Waals surface area (Å²) in [6.07, 6.45) is -1.06. The number of hydrazone groups is 1. The summed E-state index contributed by atoms with van der Waals surface area (Å²) < 4.78 is 14.6. The van der Waals surface area contributed by atoms with Gasteiger partial charge in [-0.2, -0.15) is 5.10 Å². The van der Waals surface area contributed by atoms with E-state index < -0.39 is 30.5 Å². The van der Waals surface area contributed by atoms with E-state index in [1.807, 2.05) is 57.2 Å². The van der Waals surface area contributed by atoms with Gasteiger partial charge in [0.15, 0.2) is 6.17 Å². The summed E-state index contributed by atoms with van der Waals surface area (Å²) in [5.74, 6) is -2.36. The average molecular weight is 494 g/mol. The van der Waals surface area contributed by atoms with Crippen LogP contribution in [0.4, 0.5) is 4.39 Å². The number of halogens is 2. The highest BCUT2D eigenvalue weighted by molar-refractivity contribution is 6.30. The van der Waals surface area contributed by atoms with Crippen molar-refractivity contribution in [1.29, 1.82) is 0 Å². The minimum atomic E-state index is -2.20. The fourth-order valence-electron chi connectivity index (χ4n) is 4.22. The molecule has 180 valence electrons. The summed E-state index contributed by atoms with van der Waals surface area (Å²) in [6.45, 7) is 5.84. The average Bonchev–Trinajstić information content (AvgIpc) is 3.26. The number of benzene rings is 2. The summed E-state index contributed by atoms with van der Waals surface area (Å²) in [6, 6.07) is 14.4. The van der Waals surface area contributed by atoms with Crippen molar-refractivity contribution in [1.82, 2.24) is 9.99 Å². The van der Waals surface area contributed by atoms with E-state index in [9.17, 15) is 14.0 Å².